The number of aliphatic hydroxyl groups excluding tert-OH is 1. The van der Waals surface area contributed by atoms with Gasteiger partial charge in [-0.2, -0.15) is 0 Å². The summed E-state index contributed by atoms with van der Waals surface area (Å²) < 4.78 is 7.67. The molecular weight excluding hydrogens is 258 g/mol. The molecule has 0 saturated carbocycles. The van der Waals surface area contributed by atoms with E-state index in [1.807, 2.05) is 29.4 Å². The van der Waals surface area contributed by atoms with E-state index >= 15 is 0 Å². The van der Waals surface area contributed by atoms with Crippen molar-refractivity contribution in [3.8, 4) is 0 Å². The molecule has 4 heteroatoms. The average Bonchev–Trinajstić information content (AvgIpc) is 2.42. The summed E-state index contributed by atoms with van der Waals surface area (Å²) in [5.74, 6) is 0.228. The van der Waals surface area contributed by atoms with Crippen LogP contribution in [-0.2, 0) is 11.3 Å². The van der Waals surface area contributed by atoms with Crippen LogP contribution in [0.3, 0.4) is 0 Å². The first kappa shape index (κ1) is 14.9. The molecule has 1 N–H and O–H groups in total. The summed E-state index contributed by atoms with van der Waals surface area (Å²) in [6, 6.07) is 10.4. The van der Waals surface area contributed by atoms with E-state index in [4.69, 9.17) is 4.74 Å². The van der Waals surface area contributed by atoms with Crippen molar-refractivity contribution in [2.45, 2.75) is 51.7 Å². The molecule has 4 unspecified atom stereocenters. The summed E-state index contributed by atoms with van der Waals surface area (Å²) in [5, 5.41) is 9.80. The van der Waals surface area contributed by atoms with Crippen molar-refractivity contribution in [2.75, 3.05) is 0 Å². The van der Waals surface area contributed by atoms with E-state index in [2.05, 4.69) is 31.9 Å². The molecule has 1 aliphatic heterocycles. The van der Waals surface area contributed by atoms with E-state index in [1.165, 1.54) is 5.56 Å². The first-order valence-electron chi connectivity index (χ1n) is 6.91. The number of nitrogens with zero attached hydrogens (tertiary/aromatic N) is 1. The molecule has 4 atom stereocenters. The molecule has 1 fully saturated rings. The molecule has 1 aliphatic rings. The Balaban J connectivity index is 1.90. The highest BCUT2D eigenvalue weighted by Gasteiger charge is 2.31. The molecule has 1 heterocycles. The lowest BCUT2D eigenvalue weighted by Crippen LogP contribution is -2.44. The second-order valence-corrected chi connectivity index (χ2v) is 5.96. The third-order valence-electron chi connectivity index (χ3n) is 3.90. The van der Waals surface area contributed by atoms with Gasteiger partial charge in [0.25, 0.3) is 0 Å². The van der Waals surface area contributed by atoms with Crippen molar-refractivity contribution >= 4 is 12.8 Å². The maximum Gasteiger partial charge on any atom is 0.157 e. The lowest BCUT2D eigenvalue weighted by Gasteiger charge is -2.37. The third kappa shape index (κ3) is 3.96. The van der Waals surface area contributed by atoms with E-state index < -0.39 is 6.29 Å². The van der Waals surface area contributed by atoms with Gasteiger partial charge in [-0.05, 0) is 25.3 Å². The van der Waals surface area contributed by atoms with Gasteiger partial charge in [0.15, 0.2) is 6.29 Å². The van der Waals surface area contributed by atoms with Gasteiger partial charge in [0.05, 0.1) is 6.10 Å². The maximum absolute atomic E-state index is 9.80. The van der Waals surface area contributed by atoms with Gasteiger partial charge in [0.1, 0.15) is 0 Å². The van der Waals surface area contributed by atoms with Crippen molar-refractivity contribution in [1.82, 2.24) is 4.31 Å². The van der Waals surface area contributed by atoms with Crippen LogP contribution in [-0.4, -0.2) is 27.8 Å². The van der Waals surface area contributed by atoms with Crippen LogP contribution >= 0.6 is 12.8 Å². The monoisotopic (exact) mass is 281 g/mol. The molecule has 0 spiro atoms. The van der Waals surface area contributed by atoms with Gasteiger partial charge < -0.3 is 9.84 Å². The van der Waals surface area contributed by atoms with Crippen molar-refractivity contribution in [1.29, 1.82) is 0 Å². The number of benzene rings is 1. The van der Waals surface area contributed by atoms with Gasteiger partial charge in [-0.25, -0.2) is 4.31 Å². The Hall–Kier alpha value is -0.550. The van der Waals surface area contributed by atoms with Crippen LogP contribution in [0, 0.1) is 5.92 Å². The number of thiol groups is 1. The molecule has 0 radical (unpaired) electrons. The molecule has 19 heavy (non-hydrogen) atoms. The summed E-state index contributed by atoms with van der Waals surface area (Å²) >= 11 is 4.57. The molecule has 1 saturated heterocycles. The summed E-state index contributed by atoms with van der Waals surface area (Å²) in [6.07, 6.45) is 1.39. The quantitative estimate of drug-likeness (QED) is 0.833. The predicted molar refractivity (Wildman–Crippen MR) is 79.7 cm³/mol. The van der Waals surface area contributed by atoms with Gasteiger partial charge >= 0.3 is 0 Å². The van der Waals surface area contributed by atoms with Gasteiger partial charge in [0, 0.05) is 18.5 Å². The molecule has 0 aliphatic carbocycles. The molecule has 3 nitrogen and oxygen atoms in total. The van der Waals surface area contributed by atoms with Gasteiger partial charge in [-0.15, -0.1) is 0 Å². The van der Waals surface area contributed by atoms with Crippen molar-refractivity contribution < 1.29 is 9.84 Å². The Morgan fingerprint density at radius 3 is 2.68 bits per heavy atom. The fourth-order valence-corrected chi connectivity index (χ4v) is 2.72. The Labute approximate surface area is 121 Å². The van der Waals surface area contributed by atoms with E-state index in [1.54, 1.807) is 0 Å². The van der Waals surface area contributed by atoms with Crippen LogP contribution in [0.4, 0.5) is 0 Å². The number of hydrogen-bond acceptors (Lipinski definition) is 4. The summed E-state index contributed by atoms with van der Waals surface area (Å²) in [6.45, 7) is 4.90. The highest BCUT2D eigenvalue weighted by molar-refractivity contribution is 7.77. The smallest absolute Gasteiger partial charge is 0.157 e. The second kappa shape index (κ2) is 6.75. The molecule has 106 valence electrons. The molecule has 2 rings (SSSR count). The number of aliphatic hydroxyl groups is 1. The number of ether oxygens (including phenoxy) is 1. The lowest BCUT2D eigenvalue weighted by atomic mass is 9.95. The van der Waals surface area contributed by atoms with E-state index in [9.17, 15) is 5.11 Å². The Morgan fingerprint density at radius 2 is 2.05 bits per heavy atom. The van der Waals surface area contributed by atoms with Gasteiger partial charge in [-0.3, -0.25) is 0 Å². The zero-order chi connectivity index (χ0) is 13.8. The topological polar surface area (TPSA) is 32.7 Å². The molecule has 0 bridgehead atoms. The Bertz CT molecular complexity index is 387. The maximum atomic E-state index is 9.80. The van der Waals surface area contributed by atoms with E-state index in [0.29, 0.717) is 0 Å². The zero-order valence-corrected chi connectivity index (χ0v) is 12.5. The van der Waals surface area contributed by atoms with Crippen molar-refractivity contribution in [3.63, 3.8) is 0 Å². The molecule has 1 aromatic rings. The summed E-state index contributed by atoms with van der Waals surface area (Å²) in [7, 11) is 0. The first-order valence-corrected chi connectivity index (χ1v) is 7.31. The first-order chi connectivity index (χ1) is 9.08. The van der Waals surface area contributed by atoms with Crippen LogP contribution in [0.15, 0.2) is 30.3 Å². The summed E-state index contributed by atoms with van der Waals surface area (Å²) in [5.41, 5.74) is 1.23. The minimum absolute atomic E-state index is 0.0485. The largest absolute Gasteiger partial charge is 0.368 e. The van der Waals surface area contributed by atoms with Crippen LogP contribution in [0.25, 0.3) is 0 Å². The Kier molecular flexibility index (Phi) is 5.28. The Morgan fingerprint density at radius 1 is 1.37 bits per heavy atom. The second-order valence-electron chi connectivity index (χ2n) is 5.44. The average molecular weight is 281 g/mol. The predicted octanol–water partition coefficient (Wildman–Crippen LogP) is 2.86. The fourth-order valence-electron chi connectivity index (χ4n) is 2.41. The summed E-state index contributed by atoms with van der Waals surface area (Å²) in [4.78, 5) is 0. The standard InChI is InChI=1S/C15H23NO2S/c1-11-8-9-14(18-15(11)17)12(2)16(19)10-13-6-4-3-5-7-13/h3-7,11-12,14-15,17,19H,8-10H2,1-2H3. The van der Waals surface area contributed by atoms with E-state index in [0.717, 1.165) is 19.4 Å². The van der Waals surface area contributed by atoms with Crippen LogP contribution in [0.1, 0.15) is 32.3 Å². The fraction of sp³-hybridized carbons (Fsp3) is 0.600. The minimum Gasteiger partial charge on any atom is -0.368 e. The third-order valence-corrected chi connectivity index (χ3v) is 4.41. The zero-order valence-electron chi connectivity index (χ0n) is 11.6. The lowest BCUT2D eigenvalue weighted by molar-refractivity contribution is -0.199. The van der Waals surface area contributed by atoms with Crippen molar-refractivity contribution in [2.24, 2.45) is 5.92 Å². The normalized spacial score (nSPS) is 29.4. The van der Waals surface area contributed by atoms with E-state index in [-0.39, 0.29) is 18.1 Å². The molecular formula is C15H23NO2S. The van der Waals surface area contributed by atoms with Gasteiger partial charge in [0.2, 0.25) is 0 Å². The van der Waals surface area contributed by atoms with Crippen LogP contribution in [0.2, 0.25) is 0 Å². The number of rotatable bonds is 4. The SMILES string of the molecule is CC1CCC(C(C)N(S)Cc2ccccc2)OC1O. The minimum atomic E-state index is -0.639. The van der Waals surface area contributed by atoms with Crippen LogP contribution in [0.5, 0.6) is 0 Å². The van der Waals surface area contributed by atoms with Crippen molar-refractivity contribution in [3.05, 3.63) is 35.9 Å². The van der Waals surface area contributed by atoms with Crippen LogP contribution < -0.4 is 0 Å². The van der Waals surface area contributed by atoms with Gasteiger partial charge in [-0.1, -0.05) is 50.1 Å². The highest BCUT2D eigenvalue weighted by atomic mass is 32.1. The highest BCUT2D eigenvalue weighted by Crippen LogP contribution is 2.27. The molecule has 1 aromatic carbocycles. The molecule has 0 amide bonds. The number of hydrogen-bond donors (Lipinski definition) is 2. The molecule has 0 aromatic heterocycles.